The summed E-state index contributed by atoms with van der Waals surface area (Å²) in [6.45, 7) is 0.368. The van der Waals surface area contributed by atoms with Crippen LogP contribution >= 0.6 is 0 Å². The number of nitrogens with zero attached hydrogens (tertiary/aromatic N) is 1. The molecule has 0 bridgehead atoms. The molecule has 1 atom stereocenters. The number of aliphatic hydroxyl groups excluding tert-OH is 1. The number of aromatic amines is 1. The van der Waals surface area contributed by atoms with Crippen LogP contribution in [0.2, 0.25) is 0 Å². The van der Waals surface area contributed by atoms with Gasteiger partial charge in [0.2, 0.25) is 5.91 Å². The van der Waals surface area contributed by atoms with E-state index in [1.54, 1.807) is 4.90 Å². The molecule has 1 aliphatic carbocycles. The number of hydrogen-bond acceptors (Lipinski definition) is 3. The number of carbonyl (C=O) groups is 1. The van der Waals surface area contributed by atoms with Crippen molar-refractivity contribution < 1.29 is 9.90 Å². The van der Waals surface area contributed by atoms with Crippen LogP contribution in [0.25, 0.3) is 10.9 Å². The minimum atomic E-state index is -0.559. The van der Waals surface area contributed by atoms with Crippen molar-refractivity contribution in [3.05, 3.63) is 36.0 Å². The van der Waals surface area contributed by atoms with Crippen molar-refractivity contribution in [2.75, 3.05) is 13.2 Å². The summed E-state index contributed by atoms with van der Waals surface area (Å²) in [5, 5.41) is 10.2. The molecule has 21 heavy (non-hydrogen) atoms. The summed E-state index contributed by atoms with van der Waals surface area (Å²) in [7, 11) is 0. The summed E-state index contributed by atoms with van der Waals surface area (Å²) in [4.78, 5) is 17.4. The Balaban J connectivity index is 1.73. The fraction of sp³-hybridized carbons (Fsp3) is 0.438. The van der Waals surface area contributed by atoms with Gasteiger partial charge in [-0.3, -0.25) is 4.79 Å². The van der Waals surface area contributed by atoms with Gasteiger partial charge in [-0.2, -0.15) is 0 Å². The van der Waals surface area contributed by atoms with Crippen molar-refractivity contribution in [2.24, 2.45) is 5.73 Å². The van der Waals surface area contributed by atoms with Gasteiger partial charge in [-0.25, -0.2) is 0 Å². The molecule has 0 spiro atoms. The molecule has 1 aliphatic rings. The standard InChI is InChI=1S/C16H21N3O2/c17-14(16(21)19(7-8-20)12-5-6-12)9-11-10-18-15-4-2-1-3-13(11)15/h1-4,10,12,14,18,20H,5-9,17H2/t14-/m1/s1. The molecule has 1 fully saturated rings. The molecule has 2 aromatic rings. The van der Waals surface area contributed by atoms with Gasteiger partial charge in [0.1, 0.15) is 0 Å². The SMILES string of the molecule is N[C@H](Cc1c[nH]c2ccccc12)C(=O)N(CCO)C1CC1. The molecule has 3 rings (SSSR count). The van der Waals surface area contributed by atoms with E-state index in [1.807, 2.05) is 30.5 Å². The molecule has 1 aromatic heterocycles. The molecule has 0 aliphatic heterocycles. The number of rotatable bonds is 6. The van der Waals surface area contributed by atoms with Gasteiger partial charge in [0.15, 0.2) is 0 Å². The number of nitrogens with one attached hydrogen (secondary N) is 1. The third-order valence-corrected chi connectivity index (χ3v) is 4.04. The van der Waals surface area contributed by atoms with Crippen LogP contribution in [0.3, 0.4) is 0 Å². The number of para-hydroxylation sites is 1. The maximum atomic E-state index is 12.5. The Morgan fingerprint density at radius 1 is 1.43 bits per heavy atom. The zero-order valence-corrected chi connectivity index (χ0v) is 12.0. The van der Waals surface area contributed by atoms with Crippen LogP contribution in [0.5, 0.6) is 0 Å². The van der Waals surface area contributed by atoms with Crippen molar-refractivity contribution in [3.8, 4) is 0 Å². The van der Waals surface area contributed by atoms with E-state index < -0.39 is 6.04 Å². The van der Waals surface area contributed by atoms with Gasteiger partial charge in [0, 0.05) is 29.7 Å². The fourth-order valence-corrected chi connectivity index (χ4v) is 2.80. The first kappa shape index (κ1) is 14.1. The van der Waals surface area contributed by atoms with E-state index in [1.165, 1.54) is 0 Å². The largest absolute Gasteiger partial charge is 0.395 e. The number of H-pyrrole nitrogens is 1. The van der Waals surface area contributed by atoms with Crippen molar-refractivity contribution in [1.29, 1.82) is 0 Å². The Hall–Kier alpha value is -1.85. The minimum Gasteiger partial charge on any atom is -0.395 e. The van der Waals surface area contributed by atoms with Crippen molar-refractivity contribution in [3.63, 3.8) is 0 Å². The molecule has 0 saturated heterocycles. The third-order valence-electron chi connectivity index (χ3n) is 4.04. The second-order valence-electron chi connectivity index (χ2n) is 5.66. The zero-order chi connectivity index (χ0) is 14.8. The maximum Gasteiger partial charge on any atom is 0.240 e. The molecular formula is C16H21N3O2. The Morgan fingerprint density at radius 2 is 2.19 bits per heavy atom. The van der Waals surface area contributed by atoms with E-state index >= 15 is 0 Å². The first-order valence-corrected chi connectivity index (χ1v) is 7.42. The van der Waals surface area contributed by atoms with E-state index in [-0.39, 0.29) is 18.6 Å². The molecule has 112 valence electrons. The average molecular weight is 287 g/mol. The van der Waals surface area contributed by atoms with Crippen LogP contribution < -0.4 is 5.73 Å². The molecule has 1 heterocycles. The lowest BCUT2D eigenvalue weighted by Gasteiger charge is -2.24. The van der Waals surface area contributed by atoms with E-state index in [9.17, 15) is 4.79 Å². The molecule has 1 saturated carbocycles. The lowest BCUT2D eigenvalue weighted by Crippen LogP contribution is -2.47. The Kier molecular flexibility index (Phi) is 3.94. The van der Waals surface area contributed by atoms with Gasteiger partial charge < -0.3 is 20.7 Å². The van der Waals surface area contributed by atoms with Crippen LogP contribution in [-0.4, -0.2) is 46.1 Å². The van der Waals surface area contributed by atoms with Crippen molar-refractivity contribution in [2.45, 2.75) is 31.3 Å². The Labute approximate surface area is 123 Å². The predicted molar refractivity (Wildman–Crippen MR) is 81.8 cm³/mol. The van der Waals surface area contributed by atoms with E-state index in [4.69, 9.17) is 10.8 Å². The van der Waals surface area contributed by atoms with E-state index in [2.05, 4.69) is 4.98 Å². The molecule has 0 unspecified atom stereocenters. The maximum absolute atomic E-state index is 12.5. The first-order valence-electron chi connectivity index (χ1n) is 7.42. The predicted octanol–water partition coefficient (Wildman–Crippen LogP) is 1.02. The van der Waals surface area contributed by atoms with Gasteiger partial charge in [0.25, 0.3) is 0 Å². The summed E-state index contributed by atoms with van der Waals surface area (Å²) in [6, 6.07) is 7.72. The molecular weight excluding hydrogens is 266 g/mol. The monoisotopic (exact) mass is 287 g/mol. The summed E-state index contributed by atoms with van der Waals surface area (Å²) >= 11 is 0. The quantitative estimate of drug-likeness (QED) is 0.742. The van der Waals surface area contributed by atoms with Crippen molar-refractivity contribution >= 4 is 16.8 Å². The topological polar surface area (TPSA) is 82.4 Å². The van der Waals surface area contributed by atoms with Gasteiger partial charge in [-0.05, 0) is 30.9 Å². The van der Waals surface area contributed by atoms with E-state index in [0.717, 1.165) is 29.3 Å². The second kappa shape index (κ2) is 5.87. The number of aliphatic hydroxyl groups is 1. The zero-order valence-electron chi connectivity index (χ0n) is 12.0. The number of aromatic nitrogens is 1. The summed E-state index contributed by atoms with van der Waals surface area (Å²) in [5.74, 6) is -0.0585. The van der Waals surface area contributed by atoms with Crippen LogP contribution in [0.4, 0.5) is 0 Å². The van der Waals surface area contributed by atoms with Gasteiger partial charge in [0.05, 0.1) is 12.6 Å². The highest BCUT2D eigenvalue weighted by Crippen LogP contribution is 2.27. The second-order valence-corrected chi connectivity index (χ2v) is 5.66. The number of nitrogens with two attached hydrogens (primary N) is 1. The number of fused-ring (bicyclic) bond motifs is 1. The molecule has 0 radical (unpaired) electrons. The lowest BCUT2D eigenvalue weighted by molar-refractivity contribution is -0.133. The fourth-order valence-electron chi connectivity index (χ4n) is 2.80. The highest BCUT2D eigenvalue weighted by Gasteiger charge is 2.34. The number of amides is 1. The summed E-state index contributed by atoms with van der Waals surface area (Å²) < 4.78 is 0. The third kappa shape index (κ3) is 2.94. The van der Waals surface area contributed by atoms with Crippen molar-refractivity contribution in [1.82, 2.24) is 9.88 Å². The van der Waals surface area contributed by atoms with Gasteiger partial charge in [-0.15, -0.1) is 0 Å². The lowest BCUT2D eigenvalue weighted by atomic mass is 10.0. The molecule has 5 heteroatoms. The minimum absolute atomic E-state index is 0.0119. The van der Waals surface area contributed by atoms with Gasteiger partial charge >= 0.3 is 0 Å². The number of benzene rings is 1. The molecule has 1 amide bonds. The smallest absolute Gasteiger partial charge is 0.240 e. The van der Waals surface area contributed by atoms with Crippen LogP contribution in [0.15, 0.2) is 30.5 Å². The average Bonchev–Trinajstić information content (AvgIpc) is 3.26. The molecule has 4 N–H and O–H groups in total. The molecule has 1 aromatic carbocycles. The number of carbonyl (C=O) groups excluding carboxylic acids is 1. The molecule has 5 nitrogen and oxygen atoms in total. The number of hydrogen-bond donors (Lipinski definition) is 3. The Bertz CT molecular complexity index is 633. The van der Waals surface area contributed by atoms with Gasteiger partial charge in [-0.1, -0.05) is 18.2 Å². The highest BCUT2D eigenvalue weighted by atomic mass is 16.3. The highest BCUT2D eigenvalue weighted by molar-refractivity contribution is 5.86. The Morgan fingerprint density at radius 3 is 2.90 bits per heavy atom. The van der Waals surface area contributed by atoms with Crippen LogP contribution in [-0.2, 0) is 11.2 Å². The van der Waals surface area contributed by atoms with Crippen LogP contribution in [0, 0.1) is 0 Å². The summed E-state index contributed by atoms with van der Waals surface area (Å²) in [6.07, 6.45) is 4.47. The summed E-state index contributed by atoms with van der Waals surface area (Å²) in [5.41, 5.74) is 8.23. The van der Waals surface area contributed by atoms with Crippen LogP contribution in [0.1, 0.15) is 18.4 Å². The normalized spacial score (nSPS) is 16.1. The van der Waals surface area contributed by atoms with E-state index in [0.29, 0.717) is 13.0 Å². The first-order chi connectivity index (χ1) is 10.2.